The van der Waals surface area contributed by atoms with Crippen molar-refractivity contribution in [2.45, 2.75) is 32.2 Å². The van der Waals surface area contributed by atoms with Crippen LogP contribution in [-0.2, 0) is 11.2 Å². The molecule has 1 aromatic carbocycles. The summed E-state index contributed by atoms with van der Waals surface area (Å²) in [4.78, 5) is 22.8. The zero-order valence-corrected chi connectivity index (χ0v) is 17.1. The molecule has 1 N–H and O–H groups in total. The molecule has 0 radical (unpaired) electrons. The number of fused-ring (bicyclic) bond motifs is 3. The summed E-state index contributed by atoms with van der Waals surface area (Å²) in [6, 6.07) is 6.17. The standard InChI is InChI=1S/C21H29ClN4O/c1-15(27)26-9-7-17-18-14-16(22)5-6-19(18)23-21(17)20(26)4-3-8-25-12-10-24(2)11-13-25/h5-6,14,20,23H,3-4,7-13H2,1-2H3. The molecule has 6 heteroatoms. The number of hydrogen-bond acceptors (Lipinski definition) is 3. The number of carbonyl (C=O) groups is 1. The number of halogens is 1. The van der Waals surface area contributed by atoms with Gasteiger partial charge in [0.15, 0.2) is 0 Å². The predicted molar refractivity (Wildman–Crippen MR) is 110 cm³/mol. The third-order valence-electron chi connectivity index (χ3n) is 6.17. The number of amides is 1. The molecule has 27 heavy (non-hydrogen) atoms. The third-order valence-corrected chi connectivity index (χ3v) is 6.40. The van der Waals surface area contributed by atoms with Gasteiger partial charge in [-0.15, -0.1) is 0 Å². The van der Waals surface area contributed by atoms with Crippen LogP contribution in [0.2, 0.25) is 5.02 Å². The van der Waals surface area contributed by atoms with E-state index in [1.807, 2.05) is 11.0 Å². The maximum absolute atomic E-state index is 12.3. The molecule has 1 fully saturated rings. The van der Waals surface area contributed by atoms with Crippen molar-refractivity contribution < 1.29 is 4.79 Å². The van der Waals surface area contributed by atoms with Crippen molar-refractivity contribution in [1.29, 1.82) is 0 Å². The molecule has 1 aromatic heterocycles. The molecule has 1 atom stereocenters. The number of H-pyrrole nitrogens is 1. The van der Waals surface area contributed by atoms with Crippen molar-refractivity contribution in [3.63, 3.8) is 0 Å². The van der Waals surface area contributed by atoms with Crippen LogP contribution in [0.3, 0.4) is 0 Å². The quantitative estimate of drug-likeness (QED) is 0.873. The van der Waals surface area contributed by atoms with Gasteiger partial charge < -0.3 is 19.7 Å². The van der Waals surface area contributed by atoms with Gasteiger partial charge in [-0.05, 0) is 56.6 Å². The van der Waals surface area contributed by atoms with Gasteiger partial charge in [0.1, 0.15) is 0 Å². The van der Waals surface area contributed by atoms with Crippen LogP contribution >= 0.6 is 11.6 Å². The monoisotopic (exact) mass is 388 g/mol. The van der Waals surface area contributed by atoms with Gasteiger partial charge in [-0.2, -0.15) is 0 Å². The Bertz CT molecular complexity index is 825. The van der Waals surface area contributed by atoms with E-state index in [4.69, 9.17) is 11.6 Å². The van der Waals surface area contributed by atoms with E-state index in [0.29, 0.717) is 0 Å². The smallest absolute Gasteiger partial charge is 0.220 e. The lowest BCUT2D eigenvalue weighted by Gasteiger charge is -2.36. The van der Waals surface area contributed by atoms with Crippen LogP contribution < -0.4 is 0 Å². The van der Waals surface area contributed by atoms with Crippen molar-refractivity contribution in [1.82, 2.24) is 19.7 Å². The minimum Gasteiger partial charge on any atom is -0.356 e. The summed E-state index contributed by atoms with van der Waals surface area (Å²) in [7, 11) is 2.19. The van der Waals surface area contributed by atoms with Crippen molar-refractivity contribution in [2.24, 2.45) is 0 Å². The molecule has 5 nitrogen and oxygen atoms in total. The van der Waals surface area contributed by atoms with Crippen LogP contribution in [0.5, 0.6) is 0 Å². The summed E-state index contributed by atoms with van der Waals surface area (Å²) in [5.41, 5.74) is 3.68. The van der Waals surface area contributed by atoms with E-state index in [9.17, 15) is 4.79 Å². The molecule has 1 saturated heterocycles. The first-order valence-electron chi connectivity index (χ1n) is 10.0. The Balaban J connectivity index is 1.52. The van der Waals surface area contributed by atoms with Crippen LogP contribution in [0.15, 0.2) is 18.2 Å². The molecule has 2 aromatic rings. The Hall–Kier alpha value is -1.56. The minimum absolute atomic E-state index is 0.143. The van der Waals surface area contributed by atoms with E-state index >= 15 is 0 Å². The average Bonchev–Trinajstić information content (AvgIpc) is 3.01. The molecule has 2 aliphatic heterocycles. The summed E-state index contributed by atoms with van der Waals surface area (Å²) < 4.78 is 0. The number of aromatic nitrogens is 1. The first-order chi connectivity index (χ1) is 13.0. The Morgan fingerprint density at radius 3 is 2.74 bits per heavy atom. The number of benzene rings is 1. The van der Waals surface area contributed by atoms with Crippen molar-refractivity contribution in [3.8, 4) is 0 Å². The van der Waals surface area contributed by atoms with Crippen LogP contribution in [0.25, 0.3) is 10.9 Å². The highest BCUT2D eigenvalue weighted by Gasteiger charge is 2.31. The van der Waals surface area contributed by atoms with Crippen LogP contribution in [0.4, 0.5) is 0 Å². The Morgan fingerprint density at radius 1 is 1.22 bits per heavy atom. The van der Waals surface area contributed by atoms with Gasteiger partial charge >= 0.3 is 0 Å². The second-order valence-corrected chi connectivity index (χ2v) is 8.41. The van der Waals surface area contributed by atoms with E-state index in [1.165, 1.54) is 16.6 Å². The van der Waals surface area contributed by atoms with Crippen LogP contribution in [-0.4, -0.2) is 71.9 Å². The largest absolute Gasteiger partial charge is 0.356 e. The molecule has 0 aliphatic carbocycles. The summed E-state index contributed by atoms with van der Waals surface area (Å²) in [5.74, 6) is 0.168. The lowest BCUT2D eigenvalue weighted by Crippen LogP contribution is -2.45. The molecule has 146 valence electrons. The fourth-order valence-corrected chi connectivity index (χ4v) is 4.77. The molecule has 0 saturated carbocycles. The SMILES string of the molecule is CC(=O)N1CCc2c([nH]c3ccc(Cl)cc23)C1CCCN1CCN(C)CC1. The molecular weight excluding hydrogens is 360 g/mol. The second kappa shape index (κ2) is 7.82. The van der Waals surface area contributed by atoms with E-state index in [0.717, 1.165) is 69.1 Å². The molecule has 2 aliphatic rings. The van der Waals surface area contributed by atoms with E-state index < -0.39 is 0 Å². The van der Waals surface area contributed by atoms with Crippen molar-refractivity contribution >= 4 is 28.4 Å². The molecule has 1 amide bonds. The topological polar surface area (TPSA) is 42.6 Å². The first-order valence-corrected chi connectivity index (χ1v) is 10.4. The number of aromatic amines is 1. The Labute approximate surface area is 166 Å². The fourth-order valence-electron chi connectivity index (χ4n) is 4.60. The molecule has 0 spiro atoms. The lowest BCUT2D eigenvalue weighted by molar-refractivity contribution is -0.132. The number of rotatable bonds is 4. The highest BCUT2D eigenvalue weighted by atomic mass is 35.5. The lowest BCUT2D eigenvalue weighted by atomic mass is 9.94. The van der Waals surface area contributed by atoms with Gasteiger partial charge in [-0.1, -0.05) is 11.6 Å². The van der Waals surface area contributed by atoms with E-state index in [-0.39, 0.29) is 11.9 Å². The molecule has 4 rings (SSSR count). The first kappa shape index (κ1) is 18.8. The van der Waals surface area contributed by atoms with Crippen molar-refractivity contribution in [3.05, 3.63) is 34.5 Å². The molecular formula is C21H29ClN4O. The number of likely N-dealkylation sites (N-methyl/N-ethyl adjacent to an activating group) is 1. The van der Waals surface area contributed by atoms with Gasteiger partial charge in [0.25, 0.3) is 0 Å². The average molecular weight is 389 g/mol. The summed E-state index contributed by atoms with van der Waals surface area (Å²) in [6.45, 7) is 8.18. The van der Waals surface area contributed by atoms with Crippen molar-refractivity contribution in [2.75, 3.05) is 46.3 Å². The number of piperazine rings is 1. The van der Waals surface area contributed by atoms with Gasteiger partial charge in [-0.25, -0.2) is 0 Å². The second-order valence-electron chi connectivity index (χ2n) is 7.97. The Morgan fingerprint density at radius 2 is 2.00 bits per heavy atom. The summed E-state index contributed by atoms with van der Waals surface area (Å²) >= 11 is 6.23. The molecule has 0 bridgehead atoms. The highest BCUT2D eigenvalue weighted by Crippen LogP contribution is 2.37. The zero-order valence-electron chi connectivity index (χ0n) is 16.3. The molecule has 3 heterocycles. The van der Waals surface area contributed by atoms with Crippen LogP contribution in [0, 0.1) is 0 Å². The van der Waals surface area contributed by atoms with Gasteiger partial charge in [0.05, 0.1) is 6.04 Å². The zero-order chi connectivity index (χ0) is 19.0. The van der Waals surface area contributed by atoms with Crippen LogP contribution in [0.1, 0.15) is 37.1 Å². The predicted octanol–water partition coefficient (Wildman–Crippen LogP) is 3.29. The van der Waals surface area contributed by atoms with E-state index in [2.05, 4.69) is 34.0 Å². The summed E-state index contributed by atoms with van der Waals surface area (Å²) in [5, 5.41) is 1.98. The van der Waals surface area contributed by atoms with Gasteiger partial charge in [0, 0.05) is 61.3 Å². The number of hydrogen-bond donors (Lipinski definition) is 1. The number of nitrogens with zero attached hydrogens (tertiary/aromatic N) is 3. The maximum atomic E-state index is 12.3. The maximum Gasteiger partial charge on any atom is 0.220 e. The minimum atomic E-state index is 0.143. The normalized spacial score (nSPS) is 21.6. The highest BCUT2D eigenvalue weighted by molar-refractivity contribution is 6.31. The number of carbonyl (C=O) groups excluding carboxylic acids is 1. The van der Waals surface area contributed by atoms with Gasteiger partial charge in [-0.3, -0.25) is 4.79 Å². The third kappa shape index (κ3) is 3.86. The fraction of sp³-hybridized carbons (Fsp3) is 0.571. The Kier molecular flexibility index (Phi) is 5.44. The summed E-state index contributed by atoms with van der Waals surface area (Å²) in [6.07, 6.45) is 3.00. The molecule has 1 unspecified atom stereocenters. The van der Waals surface area contributed by atoms with Gasteiger partial charge in [0.2, 0.25) is 5.91 Å². The van der Waals surface area contributed by atoms with E-state index in [1.54, 1.807) is 6.92 Å². The number of nitrogens with one attached hydrogen (secondary N) is 1.